The molecule has 1 heterocycles. The summed E-state index contributed by atoms with van der Waals surface area (Å²) in [5.74, 6) is 0.683. The van der Waals surface area contributed by atoms with E-state index in [1.807, 2.05) is 18.2 Å². The molecule has 7 heteroatoms. The Hall–Kier alpha value is -3.66. The Bertz CT molecular complexity index is 1020. The van der Waals surface area contributed by atoms with E-state index in [4.69, 9.17) is 4.74 Å². The molecule has 7 nitrogen and oxygen atoms in total. The predicted octanol–water partition coefficient (Wildman–Crippen LogP) is 2.27. The van der Waals surface area contributed by atoms with Gasteiger partial charge in [-0.25, -0.2) is 4.98 Å². The molecule has 0 saturated carbocycles. The lowest BCUT2D eigenvalue weighted by Gasteiger charge is -2.07. The number of ether oxygens (including phenoxy) is 1. The molecule has 24 heavy (non-hydrogen) atoms. The number of hydrogen-bond donors (Lipinski definition) is 2. The monoisotopic (exact) mass is 319 g/mol. The fourth-order valence-electron chi connectivity index (χ4n) is 2.18. The number of hydrazone groups is 1. The topological polar surface area (TPSA) is 103 Å². The second-order valence-corrected chi connectivity index (χ2v) is 4.82. The molecule has 1 aromatic heterocycles. The number of anilines is 1. The lowest BCUT2D eigenvalue weighted by atomic mass is 10.2. The highest BCUT2D eigenvalue weighted by Crippen LogP contribution is 2.22. The van der Waals surface area contributed by atoms with Gasteiger partial charge in [0.2, 0.25) is 5.71 Å². The first-order chi connectivity index (χ1) is 11.7. The zero-order valence-corrected chi connectivity index (χ0v) is 12.8. The van der Waals surface area contributed by atoms with Gasteiger partial charge >= 0.3 is 0 Å². The van der Waals surface area contributed by atoms with Crippen LogP contribution in [0.25, 0.3) is 10.9 Å². The van der Waals surface area contributed by atoms with E-state index >= 15 is 0 Å². The largest absolute Gasteiger partial charge is 0.495 e. The molecule has 3 aromatic rings. The molecule has 0 fully saturated rings. The Kier molecular flexibility index (Phi) is 4.21. The Labute approximate surface area is 137 Å². The lowest BCUT2D eigenvalue weighted by molar-refractivity contribution is 0.416. The molecule has 0 aliphatic heterocycles. The molecule has 0 amide bonds. The Balaban J connectivity index is 2.00. The van der Waals surface area contributed by atoms with Crippen LogP contribution in [0.1, 0.15) is 5.82 Å². The second-order valence-electron chi connectivity index (χ2n) is 4.82. The molecule has 0 atom stereocenters. The molecule has 0 bridgehead atoms. The number of rotatable bonds is 4. The van der Waals surface area contributed by atoms with Crippen LogP contribution in [-0.4, -0.2) is 22.8 Å². The molecular weight excluding hydrogens is 306 g/mol. The zero-order chi connectivity index (χ0) is 16.9. The van der Waals surface area contributed by atoms with Gasteiger partial charge in [0.15, 0.2) is 5.82 Å². The lowest BCUT2D eigenvalue weighted by Crippen LogP contribution is -2.16. The van der Waals surface area contributed by atoms with Crippen LogP contribution in [0.3, 0.4) is 0 Å². The number of nitriles is 1. The van der Waals surface area contributed by atoms with Crippen molar-refractivity contribution in [3.63, 3.8) is 0 Å². The summed E-state index contributed by atoms with van der Waals surface area (Å²) in [4.78, 5) is 19.0. The number of aromatic nitrogens is 2. The first-order valence-electron chi connectivity index (χ1n) is 7.09. The van der Waals surface area contributed by atoms with Gasteiger partial charge in [-0.2, -0.15) is 10.4 Å². The number of aromatic amines is 1. The van der Waals surface area contributed by atoms with Crippen molar-refractivity contribution < 1.29 is 4.74 Å². The summed E-state index contributed by atoms with van der Waals surface area (Å²) in [5.41, 5.74) is 3.49. The summed E-state index contributed by atoms with van der Waals surface area (Å²) in [7, 11) is 1.54. The van der Waals surface area contributed by atoms with Crippen LogP contribution >= 0.6 is 0 Å². The number of methoxy groups -OCH3 is 1. The molecule has 0 spiro atoms. The molecule has 0 aliphatic carbocycles. The van der Waals surface area contributed by atoms with Crippen LogP contribution in [0.5, 0.6) is 5.75 Å². The first kappa shape index (κ1) is 15.2. The molecule has 0 saturated heterocycles. The van der Waals surface area contributed by atoms with Crippen molar-refractivity contribution in [2.75, 3.05) is 12.5 Å². The molecule has 0 unspecified atom stereocenters. The Morgan fingerprint density at radius 2 is 2.00 bits per heavy atom. The minimum absolute atomic E-state index is 0.0382. The maximum Gasteiger partial charge on any atom is 0.259 e. The molecule has 118 valence electrons. The molecule has 2 aromatic carbocycles. The van der Waals surface area contributed by atoms with Crippen LogP contribution in [-0.2, 0) is 0 Å². The van der Waals surface area contributed by atoms with E-state index < -0.39 is 0 Å². The van der Waals surface area contributed by atoms with Gasteiger partial charge in [-0.3, -0.25) is 10.2 Å². The van der Waals surface area contributed by atoms with Gasteiger partial charge in [-0.05, 0) is 24.3 Å². The van der Waals surface area contributed by atoms with Crippen LogP contribution in [0.15, 0.2) is 58.4 Å². The predicted molar refractivity (Wildman–Crippen MR) is 91.1 cm³/mol. The second kappa shape index (κ2) is 6.62. The average molecular weight is 319 g/mol. The summed E-state index contributed by atoms with van der Waals surface area (Å²) in [6.07, 6.45) is 0. The van der Waals surface area contributed by atoms with Gasteiger partial charge in [0.1, 0.15) is 11.8 Å². The van der Waals surface area contributed by atoms with Crippen LogP contribution in [0.4, 0.5) is 5.69 Å². The van der Waals surface area contributed by atoms with Crippen LogP contribution in [0.2, 0.25) is 0 Å². The molecule has 2 N–H and O–H groups in total. The minimum Gasteiger partial charge on any atom is -0.495 e. The number of fused-ring (bicyclic) bond motifs is 1. The fraction of sp³-hybridized carbons (Fsp3) is 0.0588. The SMILES string of the molecule is COc1ccccc1N/N=C(\C#N)c1nc2ccccc2c(=O)[nH]1. The molecule has 3 rings (SSSR count). The standard InChI is InChI=1S/C17H13N5O2/c1-24-15-9-5-4-8-13(15)21-22-14(10-18)16-19-12-7-3-2-6-11(12)17(23)20-16/h2-9,21H,1H3,(H,19,20,23)/b22-14+. The molecular formula is C17H13N5O2. The third kappa shape index (κ3) is 2.94. The first-order valence-corrected chi connectivity index (χ1v) is 7.09. The van der Waals surface area contributed by atoms with Crippen molar-refractivity contribution in [3.05, 3.63) is 64.7 Å². The van der Waals surface area contributed by atoms with Crippen molar-refractivity contribution in [1.82, 2.24) is 9.97 Å². The van der Waals surface area contributed by atoms with Gasteiger partial charge in [-0.15, -0.1) is 0 Å². The van der Waals surface area contributed by atoms with E-state index in [9.17, 15) is 10.1 Å². The van der Waals surface area contributed by atoms with Crippen molar-refractivity contribution in [3.8, 4) is 11.8 Å². The maximum atomic E-state index is 12.1. The Morgan fingerprint density at radius 1 is 1.25 bits per heavy atom. The van der Waals surface area contributed by atoms with Crippen molar-refractivity contribution in [2.24, 2.45) is 5.10 Å². The summed E-state index contributed by atoms with van der Waals surface area (Å²) >= 11 is 0. The zero-order valence-electron chi connectivity index (χ0n) is 12.8. The van der Waals surface area contributed by atoms with E-state index in [0.717, 1.165) is 0 Å². The van der Waals surface area contributed by atoms with Crippen molar-refractivity contribution in [2.45, 2.75) is 0 Å². The number of para-hydroxylation sites is 3. The molecule has 0 aliphatic rings. The number of benzene rings is 2. The fourth-order valence-corrected chi connectivity index (χ4v) is 2.18. The number of nitrogens with zero attached hydrogens (tertiary/aromatic N) is 3. The normalized spacial score (nSPS) is 11.1. The van der Waals surface area contributed by atoms with E-state index in [0.29, 0.717) is 22.3 Å². The highest BCUT2D eigenvalue weighted by atomic mass is 16.5. The highest BCUT2D eigenvalue weighted by molar-refractivity contribution is 6.10. The van der Waals surface area contributed by atoms with Crippen LogP contribution in [0, 0.1) is 11.3 Å². The smallest absolute Gasteiger partial charge is 0.259 e. The third-order valence-electron chi connectivity index (χ3n) is 3.34. The van der Waals surface area contributed by atoms with Gasteiger partial charge in [-0.1, -0.05) is 24.3 Å². The number of nitrogens with one attached hydrogen (secondary N) is 2. The Morgan fingerprint density at radius 3 is 2.79 bits per heavy atom. The summed E-state index contributed by atoms with van der Waals surface area (Å²) in [6, 6.07) is 16.0. The van der Waals surface area contributed by atoms with E-state index in [1.54, 1.807) is 36.4 Å². The van der Waals surface area contributed by atoms with Crippen molar-refractivity contribution in [1.29, 1.82) is 5.26 Å². The van der Waals surface area contributed by atoms with E-state index in [1.165, 1.54) is 7.11 Å². The summed E-state index contributed by atoms with van der Waals surface area (Å²) in [6.45, 7) is 0. The number of hydrogen-bond acceptors (Lipinski definition) is 6. The van der Waals surface area contributed by atoms with Gasteiger partial charge in [0, 0.05) is 0 Å². The molecule has 0 radical (unpaired) electrons. The summed E-state index contributed by atoms with van der Waals surface area (Å²) < 4.78 is 5.21. The summed E-state index contributed by atoms with van der Waals surface area (Å²) in [5, 5.41) is 13.8. The van der Waals surface area contributed by atoms with Gasteiger partial charge in [0.25, 0.3) is 5.56 Å². The number of H-pyrrole nitrogens is 1. The van der Waals surface area contributed by atoms with E-state index in [2.05, 4.69) is 20.5 Å². The van der Waals surface area contributed by atoms with Gasteiger partial charge in [0.05, 0.1) is 23.7 Å². The third-order valence-corrected chi connectivity index (χ3v) is 3.34. The van der Waals surface area contributed by atoms with Crippen molar-refractivity contribution >= 4 is 22.3 Å². The average Bonchev–Trinajstić information content (AvgIpc) is 2.62. The minimum atomic E-state index is -0.323. The van der Waals surface area contributed by atoms with E-state index in [-0.39, 0.29) is 17.1 Å². The highest BCUT2D eigenvalue weighted by Gasteiger charge is 2.10. The van der Waals surface area contributed by atoms with Gasteiger partial charge < -0.3 is 9.72 Å². The quantitative estimate of drug-likeness (QED) is 0.567. The maximum absolute atomic E-state index is 12.1. The van der Waals surface area contributed by atoms with Crippen LogP contribution < -0.4 is 15.7 Å².